The van der Waals surface area contributed by atoms with Crippen LogP contribution in [-0.4, -0.2) is 49.8 Å². The first-order chi connectivity index (χ1) is 16.3. The Bertz CT molecular complexity index is 1130. The number of hydrogen-bond donors (Lipinski definition) is 2. The number of anilines is 2. The molecule has 3 heterocycles. The second kappa shape index (κ2) is 8.10. The average molecular weight is 509 g/mol. The van der Waals surface area contributed by atoms with Gasteiger partial charge in [0.25, 0.3) is 0 Å². The van der Waals surface area contributed by atoms with Crippen molar-refractivity contribution in [2.45, 2.75) is 60.1 Å². The normalized spacial score (nSPS) is 30.6. The summed E-state index contributed by atoms with van der Waals surface area (Å²) < 4.78 is 41.5. The van der Waals surface area contributed by atoms with E-state index in [9.17, 15) is 18.1 Å². The first-order valence-corrected chi connectivity index (χ1v) is 13.4. The van der Waals surface area contributed by atoms with Crippen LogP contribution in [0.5, 0.6) is 0 Å². The van der Waals surface area contributed by atoms with Gasteiger partial charge in [-0.3, -0.25) is 0 Å². The molecule has 10 heteroatoms. The summed E-state index contributed by atoms with van der Waals surface area (Å²) in [6, 6.07) is 8.07. The lowest BCUT2D eigenvalue weighted by Crippen LogP contribution is -2.49. The van der Waals surface area contributed by atoms with E-state index in [1.165, 1.54) is 5.56 Å². The lowest BCUT2D eigenvalue weighted by Gasteiger charge is -2.42. The predicted molar refractivity (Wildman–Crippen MR) is 127 cm³/mol. The molecule has 2 aliphatic heterocycles. The first kappa shape index (κ1) is 22.6. The number of nitrogens with one attached hydrogen (secondary N) is 1. The summed E-state index contributed by atoms with van der Waals surface area (Å²) in [5.41, 5.74) is 0.844. The quantitative estimate of drug-likeness (QED) is 0.625. The van der Waals surface area contributed by atoms with Gasteiger partial charge in [0, 0.05) is 18.1 Å². The van der Waals surface area contributed by atoms with Crippen molar-refractivity contribution in [2.24, 2.45) is 11.8 Å². The van der Waals surface area contributed by atoms with Crippen molar-refractivity contribution in [3.63, 3.8) is 0 Å². The maximum atomic E-state index is 14.4. The number of halogens is 3. The Balaban J connectivity index is 1.32. The molecule has 34 heavy (non-hydrogen) atoms. The molecule has 2 saturated carbocycles. The molecule has 4 aliphatic rings. The van der Waals surface area contributed by atoms with Crippen molar-refractivity contribution >= 4 is 34.2 Å². The number of benzene rings is 1. The highest BCUT2D eigenvalue weighted by atomic mass is 35.5. The molecule has 3 atom stereocenters. The van der Waals surface area contributed by atoms with E-state index < -0.39 is 28.0 Å². The number of hydrogen-bond acceptors (Lipinski definition) is 6. The Kier molecular flexibility index (Phi) is 5.39. The standard InChI is InChI=1S/C24H27ClF2N4O2S/c25-17-6-4-14(5-7-17)19-15-2-3-16(19)12-31(11-15)22-28-18-10-24(26,27)34(33)20(18)21(29-22)30-23(13-32)8-1-9-23/h4-7,15-16,19,32H,1-3,8-13H2,(H,28,29,30)/t15?,16?,19?,34-/m0/s1. The van der Waals surface area contributed by atoms with Crippen molar-refractivity contribution in [2.75, 3.05) is 29.9 Å². The van der Waals surface area contributed by atoms with Gasteiger partial charge < -0.3 is 15.3 Å². The van der Waals surface area contributed by atoms with E-state index in [0.29, 0.717) is 23.7 Å². The van der Waals surface area contributed by atoms with Gasteiger partial charge in [-0.2, -0.15) is 13.8 Å². The second-order valence-electron chi connectivity index (χ2n) is 10.2. The van der Waals surface area contributed by atoms with E-state index in [0.717, 1.165) is 50.2 Å². The van der Waals surface area contributed by atoms with Gasteiger partial charge in [-0.25, -0.2) is 9.19 Å². The van der Waals surface area contributed by atoms with Crippen molar-refractivity contribution in [3.05, 3.63) is 40.5 Å². The average Bonchev–Trinajstić information content (AvgIpc) is 3.18. The van der Waals surface area contributed by atoms with E-state index in [1.54, 1.807) is 0 Å². The molecule has 0 radical (unpaired) electrons. The van der Waals surface area contributed by atoms with Crippen LogP contribution in [0.15, 0.2) is 29.2 Å². The molecule has 2 N–H and O–H groups in total. The highest BCUT2D eigenvalue weighted by molar-refractivity contribution is 7.86. The summed E-state index contributed by atoms with van der Waals surface area (Å²) in [7, 11) is -2.51. The molecule has 1 aromatic carbocycles. The van der Waals surface area contributed by atoms with Gasteiger partial charge in [-0.05, 0) is 67.6 Å². The zero-order valence-corrected chi connectivity index (χ0v) is 20.2. The summed E-state index contributed by atoms with van der Waals surface area (Å²) in [5.74, 6) is 1.87. The molecule has 0 spiro atoms. The number of nitrogens with zero attached hydrogens (tertiary/aromatic N) is 3. The minimum Gasteiger partial charge on any atom is -0.394 e. The second-order valence-corrected chi connectivity index (χ2v) is 12.2. The van der Waals surface area contributed by atoms with Crippen LogP contribution < -0.4 is 10.2 Å². The van der Waals surface area contributed by atoms with Crippen LogP contribution in [0, 0.1) is 11.8 Å². The van der Waals surface area contributed by atoms with Crippen LogP contribution in [0.2, 0.25) is 5.02 Å². The highest BCUT2D eigenvalue weighted by Gasteiger charge is 2.51. The largest absolute Gasteiger partial charge is 0.394 e. The van der Waals surface area contributed by atoms with Crippen molar-refractivity contribution < 1.29 is 18.1 Å². The Morgan fingerprint density at radius 2 is 1.82 bits per heavy atom. The maximum Gasteiger partial charge on any atom is 0.331 e. The minimum atomic E-state index is -3.36. The van der Waals surface area contributed by atoms with Gasteiger partial charge in [0.1, 0.15) is 21.5 Å². The van der Waals surface area contributed by atoms with E-state index in [4.69, 9.17) is 11.6 Å². The Morgan fingerprint density at radius 3 is 2.41 bits per heavy atom. The highest BCUT2D eigenvalue weighted by Crippen LogP contribution is 2.49. The molecule has 1 saturated heterocycles. The molecule has 2 aliphatic carbocycles. The van der Waals surface area contributed by atoms with E-state index in [-0.39, 0.29) is 23.0 Å². The molecule has 6 rings (SSSR count). The molecule has 6 nitrogen and oxygen atoms in total. The molecule has 0 amide bonds. The monoisotopic (exact) mass is 508 g/mol. The lowest BCUT2D eigenvalue weighted by atomic mass is 9.77. The molecule has 1 aromatic heterocycles. The zero-order chi connectivity index (χ0) is 23.7. The number of aliphatic hydroxyl groups is 1. The van der Waals surface area contributed by atoms with Crippen LogP contribution in [0.1, 0.15) is 49.3 Å². The van der Waals surface area contributed by atoms with Crippen LogP contribution >= 0.6 is 11.6 Å². The van der Waals surface area contributed by atoms with E-state index >= 15 is 0 Å². The third-order valence-corrected chi connectivity index (χ3v) is 9.86. The van der Waals surface area contributed by atoms with E-state index in [1.807, 2.05) is 12.1 Å². The maximum absolute atomic E-state index is 14.4. The summed E-state index contributed by atoms with van der Waals surface area (Å²) in [4.78, 5) is 11.3. The van der Waals surface area contributed by atoms with Crippen molar-refractivity contribution in [1.82, 2.24) is 9.97 Å². The van der Waals surface area contributed by atoms with Gasteiger partial charge in [0.2, 0.25) is 5.95 Å². The van der Waals surface area contributed by atoms with Gasteiger partial charge in [-0.1, -0.05) is 23.7 Å². The number of rotatable bonds is 5. The third-order valence-electron chi connectivity index (χ3n) is 8.12. The fraction of sp³-hybridized carbons (Fsp3) is 0.583. The van der Waals surface area contributed by atoms with Gasteiger partial charge in [-0.15, -0.1) is 0 Å². The van der Waals surface area contributed by atoms with Crippen molar-refractivity contribution in [3.8, 4) is 0 Å². The Morgan fingerprint density at radius 1 is 1.15 bits per heavy atom. The van der Waals surface area contributed by atoms with Crippen molar-refractivity contribution in [1.29, 1.82) is 0 Å². The third kappa shape index (κ3) is 3.62. The Labute approximate surface area is 204 Å². The zero-order valence-electron chi connectivity index (χ0n) is 18.6. The first-order valence-electron chi connectivity index (χ1n) is 11.9. The number of alkyl halides is 2. The van der Waals surface area contributed by atoms with E-state index in [2.05, 4.69) is 32.3 Å². The molecule has 2 aromatic rings. The number of aliphatic hydroxyl groups excluding tert-OH is 1. The molecule has 2 unspecified atom stereocenters. The van der Waals surface area contributed by atoms with Crippen LogP contribution in [-0.2, 0) is 17.2 Å². The molecule has 182 valence electrons. The summed E-state index contributed by atoms with van der Waals surface area (Å²) in [6.07, 6.45) is 3.92. The fourth-order valence-corrected chi connectivity index (χ4v) is 7.52. The van der Waals surface area contributed by atoms with Gasteiger partial charge in [0.05, 0.1) is 24.3 Å². The summed E-state index contributed by atoms with van der Waals surface area (Å²) in [6.45, 7) is 1.36. The lowest BCUT2D eigenvalue weighted by molar-refractivity contribution is 0.104. The number of aromatic nitrogens is 2. The summed E-state index contributed by atoms with van der Waals surface area (Å²) in [5, 5.41) is 10.5. The fourth-order valence-electron chi connectivity index (χ4n) is 6.23. The predicted octanol–water partition coefficient (Wildman–Crippen LogP) is 4.34. The molecule has 3 fully saturated rings. The SMILES string of the molecule is O=[S@]1c2c(nc(N3CC4CCC(C3)C4c3ccc(Cl)cc3)nc2NC2(CO)CCC2)CC1(F)F. The number of piperidine rings is 1. The molecular formula is C24H27ClF2N4O2S. The van der Waals surface area contributed by atoms with Crippen LogP contribution in [0.4, 0.5) is 20.5 Å². The smallest absolute Gasteiger partial charge is 0.331 e. The molecular weight excluding hydrogens is 482 g/mol. The Hall–Kier alpha value is -1.84. The van der Waals surface area contributed by atoms with Crippen LogP contribution in [0.3, 0.4) is 0 Å². The minimum absolute atomic E-state index is 0.00695. The molecule has 2 bridgehead atoms. The van der Waals surface area contributed by atoms with Gasteiger partial charge >= 0.3 is 5.25 Å². The van der Waals surface area contributed by atoms with Gasteiger partial charge in [0.15, 0.2) is 0 Å². The summed E-state index contributed by atoms with van der Waals surface area (Å²) >= 11 is 6.08. The topological polar surface area (TPSA) is 78.4 Å². The van der Waals surface area contributed by atoms with Crippen LogP contribution in [0.25, 0.3) is 0 Å². The number of fused-ring (bicyclic) bond motifs is 3.